The largest absolute Gasteiger partial charge is 0.507 e. The summed E-state index contributed by atoms with van der Waals surface area (Å²) in [5, 5.41) is 24.5. The van der Waals surface area contributed by atoms with E-state index in [-0.39, 0.29) is 34.9 Å². The number of benzene rings is 4. The Labute approximate surface area is 245 Å². The van der Waals surface area contributed by atoms with Gasteiger partial charge in [-0.1, -0.05) is 48.5 Å². The molecule has 41 heavy (non-hydrogen) atoms. The average molecular weight is 587 g/mol. The van der Waals surface area contributed by atoms with Gasteiger partial charge in [-0.05, 0) is 34.0 Å². The van der Waals surface area contributed by atoms with E-state index in [4.69, 9.17) is 27.6 Å². The molecule has 7 rings (SSSR count). The highest BCUT2D eigenvalue weighted by Gasteiger charge is 2.38. The van der Waals surface area contributed by atoms with Crippen molar-refractivity contribution in [1.29, 1.82) is 0 Å². The molecule has 2 N–H and O–H groups in total. The fraction of sp³-hybridized carbons (Fsp3) is 0.188. The lowest BCUT2D eigenvalue weighted by Gasteiger charge is -2.18. The first-order valence-electron chi connectivity index (χ1n) is 13.3. The van der Waals surface area contributed by atoms with Crippen LogP contribution in [0.2, 0.25) is 0 Å². The molecule has 7 nitrogen and oxygen atoms in total. The predicted octanol–water partition coefficient (Wildman–Crippen LogP) is 6.96. The molecular weight excluding hydrogens is 563 g/mol. The van der Waals surface area contributed by atoms with Gasteiger partial charge >= 0.3 is 0 Å². The van der Waals surface area contributed by atoms with E-state index < -0.39 is 11.8 Å². The molecule has 1 aromatic heterocycles. The van der Waals surface area contributed by atoms with Crippen molar-refractivity contribution in [3.8, 4) is 11.5 Å². The maximum atomic E-state index is 13.7. The smallest absolute Gasteiger partial charge is 0.294 e. The zero-order valence-corrected chi connectivity index (χ0v) is 23.2. The van der Waals surface area contributed by atoms with Gasteiger partial charge in [0.2, 0.25) is 0 Å². The van der Waals surface area contributed by atoms with E-state index in [9.17, 15) is 19.8 Å². The first kappa shape index (κ1) is 25.7. The first-order valence-corrected chi connectivity index (χ1v) is 14.3. The Morgan fingerprint density at radius 2 is 1.07 bits per heavy atom. The van der Waals surface area contributed by atoms with Crippen molar-refractivity contribution in [1.82, 2.24) is 0 Å². The maximum absolute atomic E-state index is 13.7. The maximum Gasteiger partial charge on any atom is 0.294 e. The molecule has 2 aliphatic rings. The number of amides is 2. The van der Waals surface area contributed by atoms with Crippen molar-refractivity contribution in [2.24, 2.45) is 0 Å². The van der Waals surface area contributed by atoms with Crippen LogP contribution in [0.25, 0.3) is 21.5 Å². The fourth-order valence-corrected chi connectivity index (χ4v) is 6.83. The average Bonchev–Trinajstić information content (AvgIpc) is 3.73. The molecule has 0 aliphatic carbocycles. The molecule has 206 valence electrons. The van der Waals surface area contributed by atoms with E-state index in [1.807, 2.05) is 48.5 Å². The lowest BCUT2D eigenvalue weighted by atomic mass is 9.95. The number of furan rings is 1. The molecule has 2 aliphatic heterocycles. The van der Waals surface area contributed by atoms with Crippen LogP contribution in [-0.2, 0) is 0 Å². The molecule has 0 spiro atoms. The van der Waals surface area contributed by atoms with E-state index in [2.05, 4.69) is 0 Å². The van der Waals surface area contributed by atoms with Crippen LogP contribution in [0.15, 0.2) is 77.2 Å². The third-order valence-corrected chi connectivity index (χ3v) is 8.92. The third-order valence-electron chi connectivity index (χ3n) is 8.18. The second kappa shape index (κ2) is 9.72. The Bertz CT molecular complexity index is 1750. The van der Waals surface area contributed by atoms with E-state index in [0.717, 1.165) is 21.9 Å². The molecule has 0 bridgehead atoms. The van der Waals surface area contributed by atoms with E-state index in [1.165, 1.54) is 12.1 Å². The molecule has 9 heteroatoms. The number of rotatable bonds is 4. The van der Waals surface area contributed by atoms with Gasteiger partial charge in [0.15, 0.2) is 11.5 Å². The van der Waals surface area contributed by atoms with Crippen LogP contribution in [0.3, 0.4) is 0 Å². The summed E-state index contributed by atoms with van der Waals surface area (Å²) in [6, 6.07) is 21.1. The molecule has 4 aromatic carbocycles. The number of hydrogen-bond acceptors (Lipinski definition) is 5. The third kappa shape index (κ3) is 3.87. The van der Waals surface area contributed by atoms with Crippen molar-refractivity contribution in [3.05, 3.63) is 95.4 Å². The Morgan fingerprint density at radius 1 is 0.683 bits per heavy atom. The first-order chi connectivity index (χ1) is 19.9. The normalized spacial score (nSPS) is 17.8. The van der Waals surface area contributed by atoms with Gasteiger partial charge in [-0.2, -0.15) is 0 Å². The summed E-state index contributed by atoms with van der Waals surface area (Å²) >= 11 is 12.6. The van der Waals surface area contributed by atoms with Crippen LogP contribution < -0.4 is 9.80 Å². The van der Waals surface area contributed by atoms with Gasteiger partial charge < -0.3 is 24.4 Å². The summed E-state index contributed by atoms with van der Waals surface area (Å²) in [7, 11) is 0. The number of phenolic OH excluding ortho intramolecular Hbond substituents is 2. The molecule has 2 atom stereocenters. The summed E-state index contributed by atoms with van der Waals surface area (Å²) in [6.07, 6.45) is 0. The molecular formula is C32H24Cl2N2O5. The summed E-state index contributed by atoms with van der Waals surface area (Å²) in [4.78, 5) is 30.5. The lowest BCUT2D eigenvalue weighted by Crippen LogP contribution is -2.30. The molecule has 2 amide bonds. The minimum Gasteiger partial charge on any atom is -0.507 e. The SMILES string of the molecule is O=C(c1ccc(C(=O)N2C[C@@H](CCl)c3c2cc(O)c2ccccc32)o1)N1C[C@@H](CCl)c2c1cc(O)c1ccccc21. The van der Waals surface area contributed by atoms with Crippen LogP contribution in [-0.4, -0.2) is 46.9 Å². The number of hydrogen-bond donors (Lipinski definition) is 2. The van der Waals surface area contributed by atoms with Gasteiger partial charge in [0.1, 0.15) is 11.5 Å². The Morgan fingerprint density at radius 3 is 1.46 bits per heavy atom. The minimum atomic E-state index is -0.434. The summed E-state index contributed by atoms with van der Waals surface area (Å²) < 4.78 is 5.86. The number of phenols is 2. The number of alkyl halides is 2. The number of fused-ring (bicyclic) bond motifs is 6. The van der Waals surface area contributed by atoms with Crippen molar-refractivity contribution < 1.29 is 24.2 Å². The predicted molar refractivity (Wildman–Crippen MR) is 160 cm³/mol. The molecule has 0 radical (unpaired) electrons. The van der Waals surface area contributed by atoms with Crippen LogP contribution in [0.5, 0.6) is 11.5 Å². The van der Waals surface area contributed by atoms with E-state index >= 15 is 0 Å². The van der Waals surface area contributed by atoms with Crippen LogP contribution in [0.1, 0.15) is 44.1 Å². The summed E-state index contributed by atoms with van der Waals surface area (Å²) in [5.41, 5.74) is 2.94. The van der Waals surface area contributed by atoms with Crippen LogP contribution >= 0.6 is 23.2 Å². The Kier molecular flexibility index (Phi) is 6.10. The van der Waals surface area contributed by atoms with E-state index in [1.54, 1.807) is 21.9 Å². The zero-order chi connectivity index (χ0) is 28.4. The van der Waals surface area contributed by atoms with Crippen molar-refractivity contribution in [2.75, 3.05) is 34.6 Å². The highest BCUT2D eigenvalue weighted by atomic mass is 35.5. The summed E-state index contributed by atoms with van der Waals surface area (Å²) in [5.74, 6) is -0.403. The molecule has 5 aromatic rings. The topological polar surface area (TPSA) is 94.2 Å². The monoisotopic (exact) mass is 586 g/mol. The molecule has 0 saturated carbocycles. The molecule has 3 heterocycles. The number of nitrogens with zero attached hydrogens (tertiary/aromatic N) is 2. The summed E-state index contributed by atoms with van der Waals surface area (Å²) in [6.45, 7) is 0.636. The second-order valence-electron chi connectivity index (χ2n) is 10.4. The highest BCUT2D eigenvalue weighted by Crippen LogP contribution is 2.47. The highest BCUT2D eigenvalue weighted by molar-refractivity contribution is 6.20. The van der Waals surface area contributed by atoms with Crippen molar-refractivity contribution in [3.63, 3.8) is 0 Å². The number of halogens is 2. The fourth-order valence-electron chi connectivity index (χ4n) is 6.32. The van der Waals surface area contributed by atoms with Gasteiger partial charge in [0.05, 0.1) is 11.4 Å². The molecule has 0 fully saturated rings. The Hall–Kier alpha value is -4.20. The van der Waals surface area contributed by atoms with Crippen LogP contribution in [0.4, 0.5) is 11.4 Å². The van der Waals surface area contributed by atoms with Crippen molar-refractivity contribution >= 4 is 67.9 Å². The van der Waals surface area contributed by atoms with Gasteiger partial charge in [0, 0.05) is 59.6 Å². The number of anilines is 2. The molecule has 0 unspecified atom stereocenters. The number of carbonyl (C=O) groups excluding carboxylic acids is 2. The Balaban J connectivity index is 1.23. The molecule has 0 saturated heterocycles. The number of aromatic hydroxyl groups is 2. The van der Waals surface area contributed by atoms with Crippen LogP contribution in [0, 0.1) is 0 Å². The lowest BCUT2D eigenvalue weighted by molar-refractivity contribution is 0.0937. The zero-order valence-electron chi connectivity index (χ0n) is 21.7. The minimum absolute atomic E-state index is 0.00292. The van der Waals surface area contributed by atoms with Gasteiger partial charge in [0.25, 0.3) is 11.8 Å². The van der Waals surface area contributed by atoms with Gasteiger partial charge in [-0.3, -0.25) is 9.59 Å². The van der Waals surface area contributed by atoms with Gasteiger partial charge in [-0.15, -0.1) is 23.2 Å². The van der Waals surface area contributed by atoms with E-state index in [0.29, 0.717) is 47.0 Å². The van der Waals surface area contributed by atoms with Crippen molar-refractivity contribution in [2.45, 2.75) is 11.8 Å². The number of carbonyl (C=O) groups is 2. The van der Waals surface area contributed by atoms with Gasteiger partial charge in [-0.25, -0.2) is 0 Å². The standard InChI is InChI=1S/C32H24Cl2N2O5/c33-13-17-15-35(23-11-25(37)19-5-1-3-7-21(19)29(17)23)31(39)27-9-10-28(41-27)32(40)36-16-18(14-34)30-22-8-4-2-6-20(22)26(38)12-24(30)36/h1-12,17-18,37-38H,13-16H2/t17-,18-/m1/s1. The quantitative estimate of drug-likeness (QED) is 0.222. The second-order valence-corrected chi connectivity index (χ2v) is 11.1.